The van der Waals surface area contributed by atoms with Crippen molar-refractivity contribution in [3.63, 3.8) is 0 Å². The molecule has 6 heteroatoms. The number of hydrogen-bond donors (Lipinski definition) is 0. The number of aromatic nitrogens is 2. The number of fused-ring (bicyclic) bond motifs is 2. The van der Waals surface area contributed by atoms with E-state index in [-0.39, 0.29) is 5.91 Å². The Labute approximate surface area is 125 Å². The number of amides is 1. The molecule has 0 spiro atoms. The lowest BCUT2D eigenvalue weighted by molar-refractivity contribution is 0.0736. The van der Waals surface area contributed by atoms with Crippen LogP contribution in [0.4, 0.5) is 0 Å². The molecule has 20 heavy (non-hydrogen) atoms. The lowest BCUT2D eigenvalue weighted by Crippen LogP contribution is -2.39. The zero-order chi connectivity index (χ0) is 13.7. The number of carbonyl (C=O) groups excluding carboxylic acids is 1. The molecular formula is C14H15N3OS2. The van der Waals surface area contributed by atoms with Crippen molar-refractivity contribution in [1.29, 1.82) is 0 Å². The standard InChI is InChI=1S/C14H15N3OS2/c1-16-12(6-11(15-16)13-3-2-4-19-13)14(18)17-7-10-5-9(17)8-20-10/h2-4,6,9-10H,5,7-8H2,1H3. The lowest BCUT2D eigenvalue weighted by atomic mass is 10.2. The zero-order valence-electron chi connectivity index (χ0n) is 11.2. The van der Waals surface area contributed by atoms with Gasteiger partial charge in [-0.1, -0.05) is 6.07 Å². The third kappa shape index (κ3) is 1.90. The van der Waals surface area contributed by atoms with Gasteiger partial charge in [-0.2, -0.15) is 16.9 Å². The maximum Gasteiger partial charge on any atom is 0.272 e. The third-order valence-corrected chi connectivity index (χ3v) is 6.32. The van der Waals surface area contributed by atoms with Gasteiger partial charge in [0.15, 0.2) is 0 Å². The normalized spacial score (nSPS) is 24.6. The molecule has 2 fully saturated rings. The largest absolute Gasteiger partial charge is 0.332 e. The van der Waals surface area contributed by atoms with Crippen molar-refractivity contribution in [2.45, 2.75) is 17.7 Å². The number of nitrogens with zero attached hydrogens (tertiary/aromatic N) is 3. The molecule has 0 saturated carbocycles. The number of rotatable bonds is 2. The van der Waals surface area contributed by atoms with Crippen LogP contribution in [0.15, 0.2) is 23.6 Å². The van der Waals surface area contributed by atoms with E-state index in [1.165, 1.54) is 0 Å². The molecule has 4 nitrogen and oxygen atoms in total. The Morgan fingerprint density at radius 3 is 3.05 bits per heavy atom. The monoisotopic (exact) mass is 305 g/mol. The van der Waals surface area contributed by atoms with Crippen molar-refractivity contribution in [3.05, 3.63) is 29.3 Å². The van der Waals surface area contributed by atoms with Crippen molar-refractivity contribution in [1.82, 2.24) is 14.7 Å². The number of carbonyl (C=O) groups is 1. The molecule has 4 heterocycles. The predicted molar refractivity (Wildman–Crippen MR) is 82.2 cm³/mol. The summed E-state index contributed by atoms with van der Waals surface area (Å²) in [6, 6.07) is 6.40. The molecule has 2 saturated heterocycles. The van der Waals surface area contributed by atoms with Crippen molar-refractivity contribution in [2.75, 3.05) is 12.3 Å². The molecule has 2 unspecified atom stereocenters. The number of thioether (sulfide) groups is 1. The second kappa shape index (κ2) is 4.63. The summed E-state index contributed by atoms with van der Waals surface area (Å²) in [5.74, 6) is 1.22. The number of hydrogen-bond acceptors (Lipinski definition) is 4. The molecule has 104 valence electrons. The molecule has 4 rings (SSSR count). The highest BCUT2D eigenvalue weighted by Crippen LogP contribution is 2.38. The Kier molecular flexibility index (Phi) is 2.89. The molecule has 2 atom stereocenters. The summed E-state index contributed by atoms with van der Waals surface area (Å²) in [5.41, 5.74) is 1.59. The first kappa shape index (κ1) is 12.5. The lowest BCUT2D eigenvalue weighted by Gasteiger charge is -2.26. The topological polar surface area (TPSA) is 38.1 Å². The van der Waals surface area contributed by atoms with E-state index in [4.69, 9.17) is 0 Å². The molecule has 0 aliphatic carbocycles. The molecule has 0 aromatic carbocycles. The van der Waals surface area contributed by atoms with Crippen LogP contribution in [0.5, 0.6) is 0 Å². The molecule has 0 N–H and O–H groups in total. The van der Waals surface area contributed by atoms with Gasteiger partial charge in [0.05, 0.1) is 4.88 Å². The SMILES string of the molecule is Cn1nc(-c2cccs2)cc1C(=O)N1CC2CC1CS2. The van der Waals surface area contributed by atoms with Gasteiger partial charge in [0.2, 0.25) is 0 Å². The molecule has 2 aromatic heterocycles. The summed E-state index contributed by atoms with van der Waals surface area (Å²) < 4.78 is 1.72. The minimum atomic E-state index is 0.135. The molecule has 2 aliphatic heterocycles. The minimum absolute atomic E-state index is 0.135. The van der Waals surface area contributed by atoms with E-state index >= 15 is 0 Å². The zero-order valence-corrected chi connectivity index (χ0v) is 12.8. The summed E-state index contributed by atoms with van der Waals surface area (Å²) in [6.45, 7) is 0.897. The molecule has 2 bridgehead atoms. The summed E-state index contributed by atoms with van der Waals surface area (Å²) in [7, 11) is 1.85. The molecule has 2 aromatic rings. The fourth-order valence-electron chi connectivity index (χ4n) is 3.01. The molecule has 0 radical (unpaired) electrons. The van der Waals surface area contributed by atoms with Crippen LogP contribution in [0.25, 0.3) is 10.6 Å². The Morgan fingerprint density at radius 1 is 1.50 bits per heavy atom. The maximum atomic E-state index is 12.7. The fourth-order valence-corrected chi connectivity index (χ4v) is 5.12. The van der Waals surface area contributed by atoms with Gasteiger partial charge < -0.3 is 4.90 Å². The Bertz CT molecular complexity index is 649. The van der Waals surface area contributed by atoms with E-state index in [2.05, 4.69) is 5.10 Å². The van der Waals surface area contributed by atoms with Gasteiger partial charge in [0.25, 0.3) is 5.91 Å². The van der Waals surface area contributed by atoms with Crippen molar-refractivity contribution in [2.24, 2.45) is 7.05 Å². The van der Waals surface area contributed by atoms with Crippen molar-refractivity contribution < 1.29 is 4.79 Å². The first-order valence-corrected chi connectivity index (χ1v) is 8.65. The van der Waals surface area contributed by atoms with Crippen LogP contribution in [0.3, 0.4) is 0 Å². The van der Waals surface area contributed by atoms with Gasteiger partial charge in [0, 0.05) is 30.6 Å². The van der Waals surface area contributed by atoms with E-state index < -0.39 is 0 Å². The Balaban J connectivity index is 1.64. The van der Waals surface area contributed by atoms with Crippen LogP contribution in [0, 0.1) is 0 Å². The predicted octanol–water partition coefficient (Wildman–Crippen LogP) is 2.48. The summed E-state index contributed by atoms with van der Waals surface area (Å²) >= 11 is 3.65. The van der Waals surface area contributed by atoms with Crippen LogP contribution >= 0.6 is 23.1 Å². The smallest absolute Gasteiger partial charge is 0.272 e. The van der Waals surface area contributed by atoms with E-state index in [1.54, 1.807) is 16.0 Å². The van der Waals surface area contributed by atoms with Gasteiger partial charge >= 0.3 is 0 Å². The number of aryl methyl sites for hydroxylation is 1. The van der Waals surface area contributed by atoms with Gasteiger partial charge in [-0.25, -0.2) is 0 Å². The average molecular weight is 305 g/mol. The van der Waals surface area contributed by atoms with Gasteiger partial charge in [-0.05, 0) is 23.9 Å². The molecule has 2 aliphatic rings. The van der Waals surface area contributed by atoms with Gasteiger partial charge in [0.1, 0.15) is 11.4 Å². The molecular weight excluding hydrogens is 290 g/mol. The maximum absolute atomic E-state index is 12.7. The fraction of sp³-hybridized carbons (Fsp3) is 0.429. The van der Waals surface area contributed by atoms with Gasteiger partial charge in [-0.15, -0.1) is 11.3 Å². The Hall–Kier alpha value is -1.27. The number of thiophene rings is 1. The van der Waals surface area contributed by atoms with E-state index in [0.717, 1.165) is 29.3 Å². The highest BCUT2D eigenvalue weighted by molar-refractivity contribution is 8.00. The minimum Gasteiger partial charge on any atom is -0.332 e. The van der Waals surface area contributed by atoms with Gasteiger partial charge in [-0.3, -0.25) is 9.48 Å². The summed E-state index contributed by atoms with van der Waals surface area (Å²) in [6.07, 6.45) is 1.16. The highest BCUT2D eigenvalue weighted by Gasteiger charge is 2.41. The van der Waals surface area contributed by atoms with Crippen LogP contribution in [0.1, 0.15) is 16.9 Å². The van der Waals surface area contributed by atoms with E-state index in [9.17, 15) is 4.79 Å². The Morgan fingerprint density at radius 2 is 2.40 bits per heavy atom. The van der Waals surface area contributed by atoms with Crippen LogP contribution < -0.4 is 0 Å². The second-order valence-corrected chi connectivity index (χ2v) is 7.60. The summed E-state index contributed by atoms with van der Waals surface area (Å²) in [4.78, 5) is 15.8. The second-order valence-electron chi connectivity index (χ2n) is 5.32. The van der Waals surface area contributed by atoms with Crippen LogP contribution in [-0.4, -0.2) is 44.2 Å². The molecule has 1 amide bonds. The third-order valence-electron chi connectivity index (χ3n) is 4.03. The quantitative estimate of drug-likeness (QED) is 0.855. The summed E-state index contributed by atoms with van der Waals surface area (Å²) in [5, 5.41) is 7.16. The average Bonchev–Trinajstić information content (AvgIpc) is 3.21. The van der Waals surface area contributed by atoms with E-state index in [1.807, 2.05) is 47.3 Å². The van der Waals surface area contributed by atoms with Crippen molar-refractivity contribution in [3.8, 4) is 10.6 Å². The first-order valence-electron chi connectivity index (χ1n) is 6.73. The van der Waals surface area contributed by atoms with E-state index in [0.29, 0.717) is 17.0 Å². The van der Waals surface area contributed by atoms with Crippen LogP contribution in [-0.2, 0) is 7.05 Å². The van der Waals surface area contributed by atoms with Crippen molar-refractivity contribution >= 4 is 29.0 Å². The number of likely N-dealkylation sites (tertiary alicyclic amines) is 1. The van der Waals surface area contributed by atoms with Crippen LogP contribution in [0.2, 0.25) is 0 Å². The highest BCUT2D eigenvalue weighted by atomic mass is 32.2. The first-order chi connectivity index (χ1) is 9.72.